The Bertz CT molecular complexity index is 535. The van der Waals surface area contributed by atoms with Crippen LogP contribution in [0.1, 0.15) is 33.9 Å². The minimum atomic E-state index is 0.123. The SMILES string of the molecule is Cc1cc(C)c(C(CN)c2cccnn2)cc1C. The standard InChI is InChI=1S/C15H19N3/c1-10-7-12(3)13(8-11(10)2)14(9-16)15-5-4-6-17-18-15/h4-8,14H,9,16H2,1-3H3. The molecule has 3 heteroatoms. The predicted octanol–water partition coefficient (Wildman–Crippen LogP) is 2.49. The Labute approximate surface area is 108 Å². The molecule has 2 aromatic rings. The third kappa shape index (κ3) is 2.41. The van der Waals surface area contributed by atoms with E-state index in [2.05, 4.69) is 43.1 Å². The third-order valence-electron chi connectivity index (χ3n) is 3.44. The molecule has 0 saturated carbocycles. The van der Waals surface area contributed by atoms with Crippen molar-refractivity contribution in [1.29, 1.82) is 0 Å². The first-order valence-electron chi connectivity index (χ1n) is 6.19. The second-order valence-electron chi connectivity index (χ2n) is 4.73. The van der Waals surface area contributed by atoms with Crippen LogP contribution >= 0.6 is 0 Å². The van der Waals surface area contributed by atoms with E-state index in [4.69, 9.17) is 5.73 Å². The van der Waals surface area contributed by atoms with Gasteiger partial charge in [-0.15, -0.1) is 0 Å². The second-order valence-corrected chi connectivity index (χ2v) is 4.73. The molecule has 2 N–H and O–H groups in total. The van der Waals surface area contributed by atoms with E-state index in [0.29, 0.717) is 6.54 Å². The lowest BCUT2D eigenvalue weighted by molar-refractivity contribution is 0.754. The number of rotatable bonds is 3. The van der Waals surface area contributed by atoms with E-state index < -0.39 is 0 Å². The van der Waals surface area contributed by atoms with Crippen LogP contribution in [0.25, 0.3) is 0 Å². The maximum atomic E-state index is 5.93. The molecule has 0 bridgehead atoms. The summed E-state index contributed by atoms with van der Waals surface area (Å²) in [6, 6.07) is 8.32. The molecule has 2 rings (SSSR count). The van der Waals surface area contributed by atoms with Crippen LogP contribution < -0.4 is 5.73 Å². The van der Waals surface area contributed by atoms with Crippen molar-refractivity contribution in [3.63, 3.8) is 0 Å². The lowest BCUT2D eigenvalue weighted by atomic mass is 9.89. The topological polar surface area (TPSA) is 51.8 Å². The predicted molar refractivity (Wildman–Crippen MR) is 73.6 cm³/mol. The van der Waals surface area contributed by atoms with E-state index in [1.54, 1.807) is 6.20 Å². The molecule has 1 heterocycles. The molecule has 1 aromatic carbocycles. The van der Waals surface area contributed by atoms with Crippen LogP contribution in [0.4, 0.5) is 0 Å². The summed E-state index contributed by atoms with van der Waals surface area (Å²) in [5.74, 6) is 0.123. The van der Waals surface area contributed by atoms with E-state index in [1.807, 2.05) is 12.1 Å². The zero-order chi connectivity index (χ0) is 13.1. The summed E-state index contributed by atoms with van der Waals surface area (Å²) >= 11 is 0. The maximum Gasteiger partial charge on any atom is 0.0718 e. The van der Waals surface area contributed by atoms with Crippen LogP contribution in [0.5, 0.6) is 0 Å². The van der Waals surface area contributed by atoms with Gasteiger partial charge in [-0.25, -0.2) is 0 Å². The number of hydrogen-bond acceptors (Lipinski definition) is 3. The number of nitrogens with zero attached hydrogens (tertiary/aromatic N) is 2. The molecule has 0 spiro atoms. The molecule has 0 fully saturated rings. The highest BCUT2D eigenvalue weighted by molar-refractivity contribution is 5.41. The quantitative estimate of drug-likeness (QED) is 0.898. The smallest absolute Gasteiger partial charge is 0.0718 e. The van der Waals surface area contributed by atoms with Crippen LogP contribution in [0.3, 0.4) is 0 Å². The first-order valence-corrected chi connectivity index (χ1v) is 6.19. The fraction of sp³-hybridized carbons (Fsp3) is 0.333. The van der Waals surface area contributed by atoms with E-state index in [-0.39, 0.29) is 5.92 Å². The van der Waals surface area contributed by atoms with Gasteiger partial charge in [0.05, 0.1) is 5.69 Å². The van der Waals surface area contributed by atoms with Gasteiger partial charge in [0.1, 0.15) is 0 Å². The minimum Gasteiger partial charge on any atom is -0.329 e. The highest BCUT2D eigenvalue weighted by Crippen LogP contribution is 2.27. The van der Waals surface area contributed by atoms with Gasteiger partial charge in [-0.2, -0.15) is 10.2 Å². The highest BCUT2D eigenvalue weighted by Gasteiger charge is 2.17. The van der Waals surface area contributed by atoms with Gasteiger partial charge in [-0.3, -0.25) is 0 Å². The lowest BCUT2D eigenvalue weighted by Crippen LogP contribution is -2.17. The molecular formula is C15H19N3. The summed E-state index contributed by atoms with van der Waals surface area (Å²) in [5, 5.41) is 8.13. The summed E-state index contributed by atoms with van der Waals surface area (Å²) in [6.45, 7) is 6.93. The van der Waals surface area contributed by atoms with Crippen molar-refractivity contribution in [2.75, 3.05) is 6.54 Å². The van der Waals surface area contributed by atoms with Crippen molar-refractivity contribution in [2.45, 2.75) is 26.7 Å². The van der Waals surface area contributed by atoms with Crippen molar-refractivity contribution in [1.82, 2.24) is 10.2 Å². The van der Waals surface area contributed by atoms with Crippen LogP contribution in [0.15, 0.2) is 30.5 Å². The average Bonchev–Trinajstić information content (AvgIpc) is 2.38. The summed E-state index contributed by atoms with van der Waals surface area (Å²) < 4.78 is 0. The molecule has 1 unspecified atom stereocenters. The van der Waals surface area contributed by atoms with E-state index in [9.17, 15) is 0 Å². The van der Waals surface area contributed by atoms with Crippen molar-refractivity contribution in [2.24, 2.45) is 5.73 Å². The van der Waals surface area contributed by atoms with E-state index in [0.717, 1.165) is 5.69 Å². The number of benzene rings is 1. The molecule has 0 saturated heterocycles. The molecule has 18 heavy (non-hydrogen) atoms. The number of aromatic nitrogens is 2. The Kier molecular flexibility index (Phi) is 3.72. The first kappa shape index (κ1) is 12.7. The molecule has 0 aliphatic heterocycles. The lowest BCUT2D eigenvalue weighted by Gasteiger charge is -2.18. The summed E-state index contributed by atoms with van der Waals surface area (Å²) in [7, 11) is 0. The Morgan fingerprint density at radius 1 is 1.11 bits per heavy atom. The molecule has 1 atom stereocenters. The highest BCUT2D eigenvalue weighted by atomic mass is 15.1. The van der Waals surface area contributed by atoms with Gasteiger partial charge < -0.3 is 5.73 Å². The number of hydrogen-bond donors (Lipinski definition) is 1. The first-order chi connectivity index (χ1) is 8.63. The maximum absolute atomic E-state index is 5.93. The Hall–Kier alpha value is -1.74. The molecule has 0 aliphatic rings. The summed E-state index contributed by atoms with van der Waals surface area (Å²) in [6.07, 6.45) is 1.68. The average molecular weight is 241 g/mol. The molecule has 0 amide bonds. The second kappa shape index (κ2) is 5.27. The summed E-state index contributed by atoms with van der Waals surface area (Å²) in [4.78, 5) is 0. The number of aryl methyl sites for hydroxylation is 3. The van der Waals surface area contributed by atoms with Gasteiger partial charge in [-0.05, 0) is 55.2 Å². The molecule has 1 aromatic heterocycles. The van der Waals surface area contributed by atoms with Gasteiger partial charge in [0.15, 0.2) is 0 Å². The largest absolute Gasteiger partial charge is 0.329 e. The third-order valence-corrected chi connectivity index (χ3v) is 3.44. The Morgan fingerprint density at radius 3 is 2.44 bits per heavy atom. The fourth-order valence-corrected chi connectivity index (χ4v) is 2.26. The Morgan fingerprint density at radius 2 is 1.83 bits per heavy atom. The van der Waals surface area contributed by atoms with Crippen LogP contribution in [-0.2, 0) is 0 Å². The van der Waals surface area contributed by atoms with Gasteiger partial charge in [0.2, 0.25) is 0 Å². The van der Waals surface area contributed by atoms with Gasteiger partial charge in [0, 0.05) is 18.7 Å². The van der Waals surface area contributed by atoms with Crippen LogP contribution in [-0.4, -0.2) is 16.7 Å². The molecule has 3 nitrogen and oxygen atoms in total. The normalized spacial score (nSPS) is 12.4. The number of nitrogens with two attached hydrogens (primary N) is 1. The molecular weight excluding hydrogens is 222 g/mol. The van der Waals surface area contributed by atoms with Crippen molar-refractivity contribution in [3.8, 4) is 0 Å². The van der Waals surface area contributed by atoms with Crippen molar-refractivity contribution in [3.05, 3.63) is 58.4 Å². The van der Waals surface area contributed by atoms with E-state index in [1.165, 1.54) is 22.3 Å². The molecule has 94 valence electrons. The fourth-order valence-electron chi connectivity index (χ4n) is 2.26. The molecule has 0 aliphatic carbocycles. The Balaban J connectivity index is 2.49. The van der Waals surface area contributed by atoms with Crippen LogP contribution in [0.2, 0.25) is 0 Å². The van der Waals surface area contributed by atoms with Crippen molar-refractivity contribution < 1.29 is 0 Å². The zero-order valence-corrected chi connectivity index (χ0v) is 11.1. The summed E-state index contributed by atoms with van der Waals surface area (Å²) in [5.41, 5.74) is 12.0. The van der Waals surface area contributed by atoms with Gasteiger partial charge in [0.25, 0.3) is 0 Å². The van der Waals surface area contributed by atoms with Gasteiger partial charge in [-0.1, -0.05) is 12.1 Å². The monoisotopic (exact) mass is 241 g/mol. The van der Waals surface area contributed by atoms with Gasteiger partial charge >= 0.3 is 0 Å². The minimum absolute atomic E-state index is 0.123. The zero-order valence-electron chi connectivity index (χ0n) is 11.1. The van der Waals surface area contributed by atoms with E-state index >= 15 is 0 Å². The van der Waals surface area contributed by atoms with Crippen LogP contribution in [0, 0.1) is 20.8 Å². The molecule has 0 radical (unpaired) electrons. The van der Waals surface area contributed by atoms with Crippen molar-refractivity contribution >= 4 is 0 Å².